The third-order valence-corrected chi connectivity index (χ3v) is 0.552. The van der Waals surface area contributed by atoms with E-state index in [1.807, 2.05) is 7.05 Å². The Kier molecular flexibility index (Phi) is 4.85. The van der Waals surface area contributed by atoms with Crippen LogP contribution in [0.25, 0.3) is 0 Å². The SMILES string of the molecule is CCCNNC. The first-order chi connectivity index (χ1) is 2.91. The van der Waals surface area contributed by atoms with Gasteiger partial charge in [-0.25, -0.2) is 0 Å². The molecule has 0 unspecified atom stereocenters. The molecule has 38 valence electrons. The highest BCUT2D eigenvalue weighted by molar-refractivity contribution is 4.28. The summed E-state index contributed by atoms with van der Waals surface area (Å²) in [6, 6.07) is 0. The quantitative estimate of drug-likeness (QED) is 0.378. The van der Waals surface area contributed by atoms with Gasteiger partial charge in [0.05, 0.1) is 0 Å². The minimum Gasteiger partial charge on any atom is -0.261 e. The molecule has 0 aliphatic rings. The third-order valence-electron chi connectivity index (χ3n) is 0.552. The van der Waals surface area contributed by atoms with Gasteiger partial charge in [-0.15, -0.1) is 0 Å². The lowest BCUT2D eigenvalue weighted by Gasteiger charge is -1.94. The third kappa shape index (κ3) is 3.92. The summed E-state index contributed by atoms with van der Waals surface area (Å²) in [4.78, 5) is 0. The summed E-state index contributed by atoms with van der Waals surface area (Å²) >= 11 is 0. The largest absolute Gasteiger partial charge is 0.261 e. The first kappa shape index (κ1) is 5.92. The van der Waals surface area contributed by atoms with Crippen molar-refractivity contribution in [3.63, 3.8) is 0 Å². The molecule has 0 saturated heterocycles. The molecule has 2 N–H and O–H groups in total. The number of nitrogens with one attached hydrogen (secondary N) is 2. The predicted octanol–water partition coefficient (Wildman–Crippen LogP) is 0.120. The Labute approximate surface area is 38.9 Å². The van der Waals surface area contributed by atoms with Gasteiger partial charge in [0.1, 0.15) is 0 Å². The molecule has 0 amide bonds. The lowest BCUT2D eigenvalue weighted by molar-refractivity contribution is 0.590. The molecule has 0 aromatic carbocycles. The molecule has 2 heteroatoms. The first-order valence-electron chi connectivity index (χ1n) is 2.31. The van der Waals surface area contributed by atoms with Crippen molar-refractivity contribution in [3.05, 3.63) is 0 Å². The van der Waals surface area contributed by atoms with Crippen molar-refractivity contribution in [2.75, 3.05) is 13.6 Å². The van der Waals surface area contributed by atoms with E-state index in [4.69, 9.17) is 0 Å². The molecule has 0 atom stereocenters. The molecule has 0 radical (unpaired) electrons. The maximum absolute atomic E-state index is 2.95. The minimum atomic E-state index is 1.05. The van der Waals surface area contributed by atoms with Crippen molar-refractivity contribution in [1.82, 2.24) is 10.9 Å². The van der Waals surface area contributed by atoms with Gasteiger partial charge in [-0.1, -0.05) is 6.92 Å². The van der Waals surface area contributed by atoms with Crippen LogP contribution in [0.3, 0.4) is 0 Å². The summed E-state index contributed by atoms with van der Waals surface area (Å²) in [5, 5.41) is 0. The Balaban J connectivity index is 2.34. The fraction of sp³-hybridized carbons (Fsp3) is 1.00. The van der Waals surface area contributed by atoms with Gasteiger partial charge in [0, 0.05) is 6.54 Å². The lowest BCUT2D eigenvalue weighted by Crippen LogP contribution is -2.27. The van der Waals surface area contributed by atoms with Crippen LogP contribution in [0.2, 0.25) is 0 Å². The van der Waals surface area contributed by atoms with Gasteiger partial charge in [-0.2, -0.15) is 0 Å². The summed E-state index contributed by atoms with van der Waals surface area (Å²) in [5.74, 6) is 0. The van der Waals surface area contributed by atoms with E-state index < -0.39 is 0 Å². The standard InChI is InChI=1S/C4H12N2/c1-3-4-6-5-2/h5-6H,3-4H2,1-2H3. The van der Waals surface area contributed by atoms with Gasteiger partial charge in [-0.3, -0.25) is 10.9 Å². The van der Waals surface area contributed by atoms with Crippen molar-refractivity contribution in [2.45, 2.75) is 13.3 Å². The van der Waals surface area contributed by atoms with E-state index in [1.165, 1.54) is 6.42 Å². The van der Waals surface area contributed by atoms with Crippen molar-refractivity contribution >= 4 is 0 Å². The minimum absolute atomic E-state index is 1.05. The van der Waals surface area contributed by atoms with E-state index in [-0.39, 0.29) is 0 Å². The van der Waals surface area contributed by atoms with E-state index in [1.54, 1.807) is 0 Å². The molecule has 0 spiro atoms. The summed E-state index contributed by atoms with van der Waals surface area (Å²) in [6.45, 7) is 3.18. The average Bonchev–Trinajstić information content (AvgIpc) is 1.61. The molecule has 6 heavy (non-hydrogen) atoms. The van der Waals surface area contributed by atoms with Crippen LogP contribution in [-0.2, 0) is 0 Å². The van der Waals surface area contributed by atoms with Crippen LogP contribution < -0.4 is 10.9 Å². The zero-order chi connectivity index (χ0) is 4.83. The van der Waals surface area contributed by atoms with Crippen LogP contribution in [0, 0.1) is 0 Å². The number of hydrogen-bond acceptors (Lipinski definition) is 2. The van der Waals surface area contributed by atoms with Crippen molar-refractivity contribution in [2.24, 2.45) is 0 Å². The van der Waals surface area contributed by atoms with Gasteiger partial charge in [0.2, 0.25) is 0 Å². The fourth-order valence-electron chi connectivity index (χ4n) is 0.250. The Morgan fingerprint density at radius 1 is 1.50 bits per heavy atom. The van der Waals surface area contributed by atoms with E-state index in [2.05, 4.69) is 17.8 Å². The number of hydrazine groups is 1. The second-order valence-corrected chi connectivity index (χ2v) is 1.18. The molecule has 0 aliphatic heterocycles. The predicted molar refractivity (Wildman–Crippen MR) is 27.4 cm³/mol. The summed E-state index contributed by atoms with van der Waals surface area (Å²) < 4.78 is 0. The highest BCUT2D eigenvalue weighted by Gasteiger charge is 1.69. The highest BCUT2D eigenvalue weighted by Crippen LogP contribution is 1.62. The molecule has 0 bridgehead atoms. The summed E-state index contributed by atoms with van der Waals surface area (Å²) in [6.07, 6.45) is 1.18. The van der Waals surface area contributed by atoms with Gasteiger partial charge in [0.25, 0.3) is 0 Å². The molecule has 2 nitrogen and oxygen atoms in total. The van der Waals surface area contributed by atoms with Crippen LogP contribution in [-0.4, -0.2) is 13.6 Å². The average molecular weight is 88.2 g/mol. The van der Waals surface area contributed by atoms with Crippen LogP contribution in [0.5, 0.6) is 0 Å². The smallest absolute Gasteiger partial charge is 0.00970 e. The Bertz CT molecular complexity index is 17.5. The molecular weight excluding hydrogens is 76.1 g/mol. The van der Waals surface area contributed by atoms with Crippen molar-refractivity contribution < 1.29 is 0 Å². The first-order valence-corrected chi connectivity index (χ1v) is 2.31. The van der Waals surface area contributed by atoms with E-state index >= 15 is 0 Å². The Morgan fingerprint density at radius 2 is 2.17 bits per heavy atom. The van der Waals surface area contributed by atoms with E-state index in [0.29, 0.717) is 0 Å². The number of rotatable bonds is 3. The van der Waals surface area contributed by atoms with Gasteiger partial charge in [0.15, 0.2) is 0 Å². The second-order valence-electron chi connectivity index (χ2n) is 1.18. The van der Waals surface area contributed by atoms with Crippen LogP contribution in [0.1, 0.15) is 13.3 Å². The zero-order valence-electron chi connectivity index (χ0n) is 4.41. The van der Waals surface area contributed by atoms with Gasteiger partial charge < -0.3 is 0 Å². The molecule has 0 aromatic rings. The lowest BCUT2D eigenvalue weighted by atomic mass is 10.5. The maximum Gasteiger partial charge on any atom is 0.00970 e. The van der Waals surface area contributed by atoms with Crippen molar-refractivity contribution in [1.29, 1.82) is 0 Å². The van der Waals surface area contributed by atoms with Crippen LogP contribution >= 0.6 is 0 Å². The second kappa shape index (κ2) is 4.92. The fourth-order valence-corrected chi connectivity index (χ4v) is 0.250. The van der Waals surface area contributed by atoms with Gasteiger partial charge in [-0.05, 0) is 13.5 Å². The zero-order valence-corrected chi connectivity index (χ0v) is 4.41. The molecule has 0 rings (SSSR count). The highest BCUT2D eigenvalue weighted by atomic mass is 15.3. The van der Waals surface area contributed by atoms with Crippen LogP contribution in [0.4, 0.5) is 0 Å². The van der Waals surface area contributed by atoms with Gasteiger partial charge >= 0.3 is 0 Å². The summed E-state index contributed by atoms with van der Waals surface area (Å²) in [5.41, 5.74) is 5.77. The molecular formula is C4H12N2. The monoisotopic (exact) mass is 88.1 g/mol. The Hall–Kier alpha value is -0.0800. The Morgan fingerprint density at radius 3 is 2.33 bits per heavy atom. The normalized spacial score (nSPS) is 9.00. The maximum atomic E-state index is 2.95. The number of hydrogen-bond donors (Lipinski definition) is 2. The summed E-state index contributed by atoms with van der Waals surface area (Å²) in [7, 11) is 1.87. The molecule has 0 aliphatic carbocycles. The molecule has 0 heterocycles. The molecule has 0 fully saturated rings. The van der Waals surface area contributed by atoms with Crippen LogP contribution in [0.15, 0.2) is 0 Å². The molecule has 0 saturated carbocycles. The molecule has 0 aromatic heterocycles. The van der Waals surface area contributed by atoms with Crippen molar-refractivity contribution in [3.8, 4) is 0 Å². The van der Waals surface area contributed by atoms with E-state index in [0.717, 1.165) is 6.54 Å². The topological polar surface area (TPSA) is 24.1 Å². The van der Waals surface area contributed by atoms with E-state index in [9.17, 15) is 0 Å².